The molecule has 3 aromatic rings. The van der Waals surface area contributed by atoms with Crippen LogP contribution in [-0.4, -0.2) is 19.3 Å². The number of carbonyl (C=O) groups excluding carboxylic acids is 1. The second-order valence-corrected chi connectivity index (χ2v) is 13.9. The molecule has 0 spiro atoms. The standard InChI is InChI=1S/C24H22Br2N3O2S3/c1-2-3-4-5-6-7-8-13-18-20(23(29(13)31)15-10-12-17(26)33-15)22-21(27-34-28-22)19(24(18)30)14-9-11-16(25)32-14/h9-12,19H,2-8H2,1H3/q+1. The Bertz CT molecular complexity index is 1330. The van der Waals surface area contributed by atoms with E-state index in [9.17, 15) is 9.70 Å². The topological polar surface area (TPSA) is 62.9 Å². The molecule has 1 atom stereocenters. The summed E-state index contributed by atoms with van der Waals surface area (Å²) < 4.78 is 12.0. The van der Waals surface area contributed by atoms with Crippen molar-refractivity contribution in [1.29, 1.82) is 0 Å². The van der Waals surface area contributed by atoms with Gasteiger partial charge >= 0.3 is 0 Å². The minimum absolute atomic E-state index is 0.0444. The zero-order valence-corrected chi connectivity index (χ0v) is 24.1. The van der Waals surface area contributed by atoms with Crippen LogP contribution in [0.1, 0.15) is 78.9 Å². The molecule has 0 saturated carbocycles. The van der Waals surface area contributed by atoms with Crippen LogP contribution in [0.3, 0.4) is 0 Å². The first-order valence-electron chi connectivity index (χ1n) is 11.3. The number of halogens is 2. The Morgan fingerprint density at radius 3 is 2.38 bits per heavy atom. The summed E-state index contributed by atoms with van der Waals surface area (Å²) in [6.07, 6.45) is 7.34. The number of hydrogen-bond donors (Lipinski definition) is 0. The van der Waals surface area contributed by atoms with Gasteiger partial charge < -0.3 is 0 Å². The van der Waals surface area contributed by atoms with E-state index in [0.29, 0.717) is 40.3 Å². The van der Waals surface area contributed by atoms with E-state index < -0.39 is 5.92 Å². The van der Waals surface area contributed by atoms with E-state index in [2.05, 4.69) is 47.5 Å². The zero-order valence-electron chi connectivity index (χ0n) is 18.5. The number of carbonyl (C=O) groups is 1. The molecule has 0 fully saturated rings. The Kier molecular flexibility index (Phi) is 7.41. The molecule has 1 unspecified atom stereocenters. The molecule has 3 aromatic heterocycles. The van der Waals surface area contributed by atoms with E-state index in [1.54, 1.807) is 0 Å². The van der Waals surface area contributed by atoms with Crippen molar-refractivity contribution in [3.8, 4) is 0 Å². The number of fused-ring (bicyclic) bond motifs is 3. The van der Waals surface area contributed by atoms with Crippen LogP contribution >= 0.6 is 66.3 Å². The zero-order chi connectivity index (χ0) is 23.8. The van der Waals surface area contributed by atoms with E-state index >= 15 is 0 Å². The maximum atomic E-state index is 14.1. The van der Waals surface area contributed by atoms with Gasteiger partial charge in [-0.2, -0.15) is 8.75 Å². The largest absolute Gasteiger partial charge is 0.293 e. The van der Waals surface area contributed by atoms with Gasteiger partial charge in [0, 0.05) is 16.2 Å². The molecule has 0 bridgehead atoms. The van der Waals surface area contributed by atoms with Gasteiger partial charge in [-0.05, 0) is 62.5 Å². The average Bonchev–Trinajstić information content (AvgIpc) is 3.59. The predicted molar refractivity (Wildman–Crippen MR) is 146 cm³/mol. The van der Waals surface area contributed by atoms with Crippen molar-refractivity contribution in [3.05, 3.63) is 69.2 Å². The van der Waals surface area contributed by atoms with E-state index in [1.807, 2.05) is 24.3 Å². The molecule has 2 aliphatic rings. The third-order valence-corrected chi connectivity index (χ3v) is 10.1. The van der Waals surface area contributed by atoms with Crippen molar-refractivity contribution in [3.63, 3.8) is 0 Å². The van der Waals surface area contributed by atoms with Crippen LogP contribution in [0.2, 0.25) is 0 Å². The molecule has 34 heavy (non-hydrogen) atoms. The SMILES string of the molecule is CCCCCCCCC1=C2C(=O)C(c3ccc(Br)s3)c3nsnc3C2=C(c2ccc(Br)s2)[N+]1=O. The van der Waals surface area contributed by atoms with Crippen LogP contribution in [0.15, 0.2) is 43.1 Å². The van der Waals surface area contributed by atoms with Crippen LogP contribution in [0.25, 0.3) is 11.3 Å². The normalized spacial score (nSPS) is 17.7. The number of ketones is 1. The Morgan fingerprint density at radius 2 is 1.68 bits per heavy atom. The molecule has 0 N–H and O–H groups in total. The Morgan fingerprint density at radius 1 is 0.941 bits per heavy atom. The van der Waals surface area contributed by atoms with Gasteiger partial charge in [-0.15, -0.1) is 22.7 Å². The number of allylic oxidation sites excluding steroid dienone is 3. The van der Waals surface area contributed by atoms with Crippen LogP contribution in [0.5, 0.6) is 0 Å². The van der Waals surface area contributed by atoms with Crippen molar-refractivity contribution < 1.29 is 9.55 Å². The molecule has 0 aromatic carbocycles. The first kappa shape index (κ1) is 24.4. The fourth-order valence-corrected chi connectivity index (χ4v) is 8.17. The number of aromatic nitrogens is 2. The fraction of sp³-hybridized carbons (Fsp3) is 0.375. The lowest BCUT2D eigenvalue weighted by molar-refractivity contribution is -0.397. The average molecular weight is 640 g/mol. The molecule has 1 aliphatic heterocycles. The number of hydrogen-bond acceptors (Lipinski definition) is 7. The van der Waals surface area contributed by atoms with Crippen molar-refractivity contribution in [1.82, 2.24) is 8.75 Å². The van der Waals surface area contributed by atoms with Crippen molar-refractivity contribution in [2.75, 3.05) is 0 Å². The summed E-state index contributed by atoms with van der Waals surface area (Å²) in [4.78, 5) is 29.6. The van der Waals surface area contributed by atoms with Crippen molar-refractivity contribution in [2.24, 2.45) is 0 Å². The number of nitrogens with zero attached hydrogens (tertiary/aromatic N) is 3. The minimum atomic E-state index is -0.522. The smallest absolute Gasteiger partial charge is 0.290 e. The molecular weight excluding hydrogens is 618 g/mol. The quantitative estimate of drug-likeness (QED) is 0.174. The Balaban J connectivity index is 1.60. The summed E-state index contributed by atoms with van der Waals surface area (Å²) >= 11 is 11.2. The maximum absolute atomic E-state index is 14.1. The molecule has 10 heteroatoms. The number of nitroso groups, excluding NO2 is 1. The molecule has 5 nitrogen and oxygen atoms in total. The van der Waals surface area contributed by atoms with Gasteiger partial charge in [-0.1, -0.05) is 39.0 Å². The lowest BCUT2D eigenvalue weighted by Gasteiger charge is -2.19. The molecule has 0 saturated heterocycles. The maximum Gasteiger partial charge on any atom is 0.290 e. The van der Waals surface area contributed by atoms with Crippen molar-refractivity contribution in [2.45, 2.75) is 57.8 Å². The first-order chi connectivity index (χ1) is 16.5. The Hall–Kier alpha value is -1.33. The van der Waals surface area contributed by atoms with Gasteiger partial charge in [0.25, 0.3) is 11.4 Å². The van der Waals surface area contributed by atoms with E-state index in [0.717, 1.165) is 53.1 Å². The molecule has 0 radical (unpaired) electrons. The summed E-state index contributed by atoms with van der Waals surface area (Å²) in [5, 5.41) is 0. The summed E-state index contributed by atoms with van der Waals surface area (Å²) in [6, 6.07) is 7.78. The van der Waals surface area contributed by atoms with Gasteiger partial charge in [0.1, 0.15) is 22.1 Å². The molecule has 4 heterocycles. The summed E-state index contributed by atoms with van der Waals surface area (Å²) in [6.45, 7) is 2.21. The van der Waals surface area contributed by atoms with Crippen LogP contribution < -0.4 is 0 Å². The van der Waals surface area contributed by atoms with Gasteiger partial charge in [-0.25, -0.2) is 0 Å². The van der Waals surface area contributed by atoms with Gasteiger partial charge in [0.15, 0.2) is 5.78 Å². The Labute approximate surface area is 227 Å². The predicted octanol–water partition coefficient (Wildman–Crippen LogP) is 8.57. The van der Waals surface area contributed by atoms with Gasteiger partial charge in [0.2, 0.25) is 0 Å². The molecule has 5 rings (SSSR count). The third-order valence-electron chi connectivity index (χ3n) is 6.21. The van der Waals surface area contributed by atoms with Crippen molar-refractivity contribution >= 4 is 83.3 Å². The number of thiophene rings is 2. The molecule has 176 valence electrons. The highest BCUT2D eigenvalue weighted by atomic mass is 79.9. The summed E-state index contributed by atoms with van der Waals surface area (Å²) in [7, 11) is 0. The minimum Gasteiger partial charge on any atom is -0.293 e. The lowest BCUT2D eigenvalue weighted by Crippen LogP contribution is -2.23. The number of rotatable bonds is 9. The molecule has 1 aliphatic carbocycles. The third kappa shape index (κ3) is 4.36. The highest BCUT2D eigenvalue weighted by Gasteiger charge is 2.53. The van der Waals surface area contributed by atoms with E-state index in [4.69, 9.17) is 0 Å². The second-order valence-electron chi connectivity index (χ2n) is 8.40. The van der Waals surface area contributed by atoms with Crippen LogP contribution in [0, 0.1) is 4.91 Å². The summed E-state index contributed by atoms with van der Waals surface area (Å²) in [5.74, 6) is -0.566. The van der Waals surface area contributed by atoms with Gasteiger partial charge in [-0.3, -0.25) is 4.79 Å². The van der Waals surface area contributed by atoms with Crippen LogP contribution in [-0.2, 0) is 4.79 Å². The fourth-order valence-electron chi connectivity index (χ4n) is 4.64. The number of unbranched alkanes of at least 4 members (excludes halogenated alkanes) is 5. The first-order valence-corrected chi connectivity index (χ1v) is 15.3. The number of Topliss-reactive ketones (excluding diaryl/α,β-unsaturated/α-hetero) is 1. The van der Waals surface area contributed by atoms with E-state index in [1.165, 1.54) is 41.9 Å². The van der Waals surface area contributed by atoms with Crippen LogP contribution in [0.4, 0.5) is 0 Å². The highest BCUT2D eigenvalue weighted by Crippen LogP contribution is 2.52. The molecular formula is C24H22Br2N3O2S3+. The summed E-state index contributed by atoms with van der Waals surface area (Å²) in [5.41, 5.74) is 3.63. The second kappa shape index (κ2) is 10.3. The monoisotopic (exact) mass is 638 g/mol. The highest BCUT2D eigenvalue weighted by molar-refractivity contribution is 9.11. The van der Waals surface area contributed by atoms with Gasteiger partial charge in [0.05, 0.1) is 35.3 Å². The van der Waals surface area contributed by atoms with E-state index in [-0.39, 0.29) is 5.78 Å². The lowest BCUT2D eigenvalue weighted by atomic mass is 9.79. The molecule has 0 amide bonds.